The predicted octanol–water partition coefficient (Wildman–Crippen LogP) is 3.52. The molecule has 0 aliphatic carbocycles. The summed E-state index contributed by atoms with van der Waals surface area (Å²) in [6, 6.07) is 8.63. The van der Waals surface area contributed by atoms with Crippen molar-refractivity contribution in [3.05, 3.63) is 48.3 Å². The minimum absolute atomic E-state index is 0.204. The molecule has 2 aromatic rings. The third kappa shape index (κ3) is 4.22. The Morgan fingerprint density at radius 1 is 1.18 bits per heavy atom. The Hall–Kier alpha value is -2.56. The van der Waals surface area contributed by atoms with Gasteiger partial charge in [-0.05, 0) is 36.8 Å². The van der Waals surface area contributed by atoms with Gasteiger partial charge in [-0.2, -0.15) is 0 Å². The number of nitrogens with one attached hydrogen (secondary N) is 1. The minimum atomic E-state index is -0.204. The van der Waals surface area contributed by atoms with Gasteiger partial charge in [0.25, 0.3) is 5.91 Å². The van der Waals surface area contributed by atoms with E-state index in [1.165, 1.54) is 0 Å². The fourth-order valence-corrected chi connectivity index (χ4v) is 1.89. The van der Waals surface area contributed by atoms with Gasteiger partial charge in [0.15, 0.2) is 11.5 Å². The number of nitrogens with zero attached hydrogens (tertiary/aromatic N) is 1. The van der Waals surface area contributed by atoms with Crippen molar-refractivity contribution in [3.63, 3.8) is 0 Å². The van der Waals surface area contributed by atoms with E-state index < -0.39 is 0 Å². The molecule has 2 rings (SSSR count). The van der Waals surface area contributed by atoms with Crippen LogP contribution in [0.4, 0.5) is 5.69 Å². The first-order chi connectivity index (χ1) is 10.7. The molecule has 5 nitrogen and oxygen atoms in total. The first-order valence-corrected chi connectivity index (χ1v) is 7.26. The maximum atomic E-state index is 12.2. The Kier molecular flexibility index (Phi) is 5.77. The second-order valence-corrected chi connectivity index (χ2v) is 4.76. The van der Waals surface area contributed by atoms with Gasteiger partial charge in [-0.1, -0.05) is 13.3 Å². The molecule has 1 N–H and O–H groups in total. The predicted molar refractivity (Wildman–Crippen MR) is 85.6 cm³/mol. The molecule has 0 aliphatic rings. The molecular formula is C17H20N2O3. The van der Waals surface area contributed by atoms with Gasteiger partial charge in [-0.15, -0.1) is 0 Å². The van der Waals surface area contributed by atoms with Crippen molar-refractivity contribution in [2.24, 2.45) is 0 Å². The van der Waals surface area contributed by atoms with Crippen LogP contribution in [-0.4, -0.2) is 24.6 Å². The topological polar surface area (TPSA) is 60.5 Å². The monoisotopic (exact) mass is 300 g/mol. The zero-order valence-electron chi connectivity index (χ0n) is 12.8. The number of pyridine rings is 1. The van der Waals surface area contributed by atoms with Gasteiger partial charge in [-0.25, -0.2) is 0 Å². The van der Waals surface area contributed by atoms with Crippen LogP contribution in [0.2, 0.25) is 0 Å². The van der Waals surface area contributed by atoms with E-state index in [1.54, 1.807) is 49.8 Å². The summed E-state index contributed by atoms with van der Waals surface area (Å²) in [5.41, 5.74) is 1.21. The zero-order chi connectivity index (χ0) is 15.8. The third-order valence-corrected chi connectivity index (χ3v) is 3.12. The molecule has 0 bridgehead atoms. The number of carbonyl (C=O) groups excluding carboxylic acids is 1. The van der Waals surface area contributed by atoms with Crippen molar-refractivity contribution in [2.75, 3.05) is 19.0 Å². The molecule has 1 amide bonds. The maximum absolute atomic E-state index is 12.2. The summed E-state index contributed by atoms with van der Waals surface area (Å²) >= 11 is 0. The van der Waals surface area contributed by atoms with Crippen molar-refractivity contribution in [1.82, 2.24) is 4.98 Å². The van der Waals surface area contributed by atoms with E-state index in [9.17, 15) is 4.79 Å². The molecule has 22 heavy (non-hydrogen) atoms. The summed E-state index contributed by atoms with van der Waals surface area (Å²) in [5, 5.41) is 2.81. The van der Waals surface area contributed by atoms with Gasteiger partial charge in [0, 0.05) is 23.6 Å². The van der Waals surface area contributed by atoms with Crippen LogP contribution >= 0.6 is 0 Å². The Labute approximate surface area is 130 Å². The smallest absolute Gasteiger partial charge is 0.255 e. The van der Waals surface area contributed by atoms with E-state index in [1.807, 2.05) is 0 Å². The molecule has 116 valence electrons. The highest BCUT2D eigenvalue weighted by molar-refractivity contribution is 6.04. The number of methoxy groups -OCH3 is 1. The highest BCUT2D eigenvalue weighted by Crippen LogP contribution is 2.28. The molecule has 1 heterocycles. The lowest BCUT2D eigenvalue weighted by Crippen LogP contribution is -2.12. The summed E-state index contributed by atoms with van der Waals surface area (Å²) in [6.45, 7) is 2.74. The van der Waals surface area contributed by atoms with Gasteiger partial charge < -0.3 is 14.8 Å². The number of carbonyl (C=O) groups is 1. The van der Waals surface area contributed by atoms with E-state index in [-0.39, 0.29) is 5.91 Å². The number of unbranched alkanes of at least 4 members (excludes halogenated alkanes) is 1. The lowest BCUT2D eigenvalue weighted by atomic mass is 10.2. The number of hydrogen-bond acceptors (Lipinski definition) is 4. The molecule has 1 aromatic carbocycles. The van der Waals surface area contributed by atoms with E-state index in [4.69, 9.17) is 9.47 Å². The molecule has 0 saturated carbocycles. The SMILES string of the molecule is CCCCOc1ccc(C(=O)Nc2ccncc2)cc1OC. The fraction of sp³-hybridized carbons (Fsp3) is 0.294. The Balaban J connectivity index is 2.09. The van der Waals surface area contributed by atoms with Crippen LogP contribution in [0.5, 0.6) is 11.5 Å². The number of amides is 1. The van der Waals surface area contributed by atoms with Crippen LogP contribution in [0.1, 0.15) is 30.1 Å². The van der Waals surface area contributed by atoms with Gasteiger partial charge in [0.1, 0.15) is 0 Å². The van der Waals surface area contributed by atoms with E-state index >= 15 is 0 Å². The van der Waals surface area contributed by atoms with Gasteiger partial charge in [-0.3, -0.25) is 9.78 Å². The Morgan fingerprint density at radius 3 is 2.64 bits per heavy atom. The average Bonchev–Trinajstić information content (AvgIpc) is 2.56. The average molecular weight is 300 g/mol. The second-order valence-electron chi connectivity index (χ2n) is 4.76. The molecule has 0 saturated heterocycles. The lowest BCUT2D eigenvalue weighted by Gasteiger charge is -2.12. The second kappa shape index (κ2) is 8.02. The minimum Gasteiger partial charge on any atom is -0.493 e. The molecule has 0 spiro atoms. The highest BCUT2D eigenvalue weighted by atomic mass is 16.5. The number of hydrogen-bond donors (Lipinski definition) is 1. The standard InChI is InChI=1S/C17H20N2O3/c1-3-4-11-22-15-6-5-13(12-16(15)21-2)17(20)19-14-7-9-18-10-8-14/h5-10,12H,3-4,11H2,1-2H3,(H,18,19,20). The summed E-state index contributed by atoms with van der Waals surface area (Å²) < 4.78 is 11.0. The van der Waals surface area contributed by atoms with Crippen LogP contribution in [0, 0.1) is 0 Å². The number of benzene rings is 1. The summed E-state index contributed by atoms with van der Waals surface area (Å²) in [7, 11) is 1.56. The number of rotatable bonds is 7. The van der Waals surface area contributed by atoms with Crippen molar-refractivity contribution < 1.29 is 14.3 Å². The molecule has 0 radical (unpaired) electrons. The molecule has 0 fully saturated rings. The van der Waals surface area contributed by atoms with E-state index in [0.717, 1.165) is 12.8 Å². The summed E-state index contributed by atoms with van der Waals surface area (Å²) in [5.74, 6) is 1.000. The normalized spacial score (nSPS) is 10.1. The lowest BCUT2D eigenvalue weighted by molar-refractivity contribution is 0.102. The Morgan fingerprint density at radius 2 is 1.95 bits per heavy atom. The van der Waals surface area contributed by atoms with Gasteiger partial charge in [0.05, 0.1) is 13.7 Å². The largest absolute Gasteiger partial charge is 0.493 e. The van der Waals surface area contributed by atoms with Gasteiger partial charge in [0.2, 0.25) is 0 Å². The van der Waals surface area contributed by atoms with Crippen LogP contribution in [-0.2, 0) is 0 Å². The number of anilines is 1. The van der Waals surface area contributed by atoms with Crippen LogP contribution < -0.4 is 14.8 Å². The third-order valence-electron chi connectivity index (χ3n) is 3.12. The highest BCUT2D eigenvalue weighted by Gasteiger charge is 2.11. The van der Waals surface area contributed by atoms with E-state index in [2.05, 4.69) is 17.2 Å². The molecule has 1 aromatic heterocycles. The van der Waals surface area contributed by atoms with E-state index in [0.29, 0.717) is 29.4 Å². The zero-order valence-corrected chi connectivity index (χ0v) is 12.8. The molecule has 0 aliphatic heterocycles. The van der Waals surface area contributed by atoms with Crippen LogP contribution in [0.15, 0.2) is 42.7 Å². The summed E-state index contributed by atoms with van der Waals surface area (Å²) in [6.07, 6.45) is 5.30. The van der Waals surface area contributed by atoms with Crippen molar-refractivity contribution >= 4 is 11.6 Å². The first kappa shape index (κ1) is 15.8. The molecule has 0 atom stereocenters. The van der Waals surface area contributed by atoms with Crippen molar-refractivity contribution in [2.45, 2.75) is 19.8 Å². The van der Waals surface area contributed by atoms with Gasteiger partial charge >= 0.3 is 0 Å². The van der Waals surface area contributed by atoms with Crippen molar-refractivity contribution in [3.8, 4) is 11.5 Å². The number of ether oxygens (including phenoxy) is 2. The number of aromatic nitrogens is 1. The van der Waals surface area contributed by atoms with Crippen molar-refractivity contribution in [1.29, 1.82) is 0 Å². The Bertz CT molecular complexity index is 615. The quantitative estimate of drug-likeness (QED) is 0.795. The first-order valence-electron chi connectivity index (χ1n) is 7.26. The summed E-state index contributed by atoms with van der Waals surface area (Å²) in [4.78, 5) is 16.1. The van der Waals surface area contributed by atoms with Crippen LogP contribution in [0.3, 0.4) is 0 Å². The molecule has 0 unspecified atom stereocenters. The maximum Gasteiger partial charge on any atom is 0.255 e. The molecule has 5 heteroatoms. The van der Waals surface area contributed by atoms with Crippen LogP contribution in [0.25, 0.3) is 0 Å². The molecular weight excluding hydrogens is 280 g/mol. The fourth-order valence-electron chi connectivity index (χ4n) is 1.89.